The highest BCUT2D eigenvalue weighted by Gasteiger charge is 2.11. The minimum atomic E-state index is -0.374. The van der Waals surface area contributed by atoms with E-state index >= 15 is 0 Å². The molecule has 0 atom stereocenters. The Morgan fingerprint density at radius 3 is 2.62 bits per heavy atom. The molecular formula is C20H17N5O3S. The van der Waals surface area contributed by atoms with E-state index in [4.69, 9.17) is 4.74 Å². The van der Waals surface area contributed by atoms with Gasteiger partial charge in [0.1, 0.15) is 10.8 Å². The fourth-order valence-corrected chi connectivity index (χ4v) is 3.59. The molecule has 4 rings (SSSR count). The lowest BCUT2D eigenvalue weighted by atomic mass is 10.2. The predicted octanol–water partition coefficient (Wildman–Crippen LogP) is 3.15. The molecule has 0 saturated carbocycles. The third-order valence-electron chi connectivity index (χ3n) is 4.10. The molecule has 2 aromatic heterocycles. The normalized spacial score (nSPS) is 10.7. The number of ether oxygens (including phenoxy) is 1. The molecule has 4 aromatic rings. The molecule has 0 bridgehead atoms. The number of carbonyl (C=O) groups excluding carboxylic acids is 1. The van der Waals surface area contributed by atoms with Gasteiger partial charge in [-0.1, -0.05) is 29.5 Å². The lowest BCUT2D eigenvalue weighted by Gasteiger charge is -2.06. The standard InChI is InChI=1S/C20H17N5O3S/c1-28-16-9-7-13(8-10-16)18-24-25-17(26)11-15(23-20(25)29-18)12-21-19(27)22-14-5-3-2-4-6-14/h2-11H,12H2,1H3,(H2,21,22,27). The smallest absolute Gasteiger partial charge is 0.319 e. The summed E-state index contributed by atoms with van der Waals surface area (Å²) in [7, 11) is 1.60. The Bertz CT molecular complexity index is 1200. The summed E-state index contributed by atoms with van der Waals surface area (Å²) in [6.45, 7) is 0.125. The Labute approximate surface area is 169 Å². The van der Waals surface area contributed by atoms with Crippen LogP contribution in [0.2, 0.25) is 0 Å². The summed E-state index contributed by atoms with van der Waals surface area (Å²) < 4.78 is 6.42. The summed E-state index contributed by atoms with van der Waals surface area (Å²) in [6.07, 6.45) is 0. The summed E-state index contributed by atoms with van der Waals surface area (Å²) in [5.41, 5.74) is 1.71. The molecule has 2 heterocycles. The molecule has 29 heavy (non-hydrogen) atoms. The predicted molar refractivity (Wildman–Crippen MR) is 111 cm³/mol. The van der Waals surface area contributed by atoms with Crippen LogP contribution in [0.15, 0.2) is 65.5 Å². The lowest BCUT2D eigenvalue weighted by Crippen LogP contribution is -2.29. The minimum Gasteiger partial charge on any atom is -0.497 e. The number of hydrogen-bond donors (Lipinski definition) is 2. The number of rotatable bonds is 5. The highest BCUT2D eigenvalue weighted by atomic mass is 32.1. The first-order valence-corrected chi connectivity index (χ1v) is 9.58. The number of hydrogen-bond acceptors (Lipinski definition) is 6. The Kier molecular flexibility index (Phi) is 5.21. The van der Waals surface area contributed by atoms with E-state index < -0.39 is 0 Å². The van der Waals surface area contributed by atoms with Gasteiger partial charge in [0, 0.05) is 17.3 Å². The van der Waals surface area contributed by atoms with Crippen LogP contribution in [0.4, 0.5) is 10.5 Å². The van der Waals surface area contributed by atoms with Crippen LogP contribution in [0.5, 0.6) is 5.75 Å². The number of urea groups is 1. The van der Waals surface area contributed by atoms with Gasteiger partial charge in [0.25, 0.3) is 5.56 Å². The van der Waals surface area contributed by atoms with Crippen LogP contribution < -0.4 is 20.9 Å². The fourth-order valence-electron chi connectivity index (χ4n) is 2.66. The van der Waals surface area contributed by atoms with Gasteiger partial charge in [-0.2, -0.15) is 9.61 Å². The van der Waals surface area contributed by atoms with E-state index in [9.17, 15) is 9.59 Å². The van der Waals surface area contributed by atoms with Crippen LogP contribution >= 0.6 is 11.3 Å². The second kappa shape index (κ2) is 8.11. The van der Waals surface area contributed by atoms with E-state index in [1.54, 1.807) is 19.2 Å². The average molecular weight is 407 g/mol. The van der Waals surface area contributed by atoms with Crippen LogP contribution in [0.1, 0.15) is 5.69 Å². The quantitative estimate of drug-likeness (QED) is 0.530. The first kappa shape index (κ1) is 18.6. The highest BCUT2D eigenvalue weighted by molar-refractivity contribution is 7.19. The number of benzene rings is 2. The second-order valence-electron chi connectivity index (χ2n) is 6.09. The van der Waals surface area contributed by atoms with Crippen molar-refractivity contribution in [2.75, 3.05) is 12.4 Å². The van der Waals surface area contributed by atoms with Crippen molar-refractivity contribution >= 4 is 28.0 Å². The topological polar surface area (TPSA) is 97.6 Å². The zero-order valence-electron chi connectivity index (χ0n) is 15.5. The van der Waals surface area contributed by atoms with Gasteiger partial charge >= 0.3 is 6.03 Å². The van der Waals surface area contributed by atoms with Crippen molar-refractivity contribution in [2.45, 2.75) is 6.54 Å². The van der Waals surface area contributed by atoms with Crippen LogP contribution in [0.3, 0.4) is 0 Å². The highest BCUT2D eigenvalue weighted by Crippen LogP contribution is 2.26. The number of aromatic nitrogens is 3. The number of methoxy groups -OCH3 is 1. The number of carbonyl (C=O) groups is 1. The zero-order chi connectivity index (χ0) is 20.2. The molecule has 2 amide bonds. The first-order valence-electron chi connectivity index (χ1n) is 8.76. The van der Waals surface area contributed by atoms with E-state index in [0.29, 0.717) is 21.3 Å². The van der Waals surface area contributed by atoms with Crippen molar-refractivity contribution in [3.63, 3.8) is 0 Å². The van der Waals surface area contributed by atoms with Crippen LogP contribution in [0, 0.1) is 0 Å². The van der Waals surface area contributed by atoms with E-state index in [2.05, 4.69) is 20.7 Å². The lowest BCUT2D eigenvalue weighted by molar-refractivity contribution is 0.251. The number of nitrogens with one attached hydrogen (secondary N) is 2. The van der Waals surface area contributed by atoms with E-state index in [1.165, 1.54) is 21.9 Å². The van der Waals surface area contributed by atoms with Gasteiger partial charge in [0.15, 0.2) is 0 Å². The molecule has 0 unspecified atom stereocenters. The first-order chi connectivity index (χ1) is 14.1. The van der Waals surface area contributed by atoms with Crippen molar-refractivity contribution in [1.29, 1.82) is 0 Å². The number of anilines is 1. The second-order valence-corrected chi connectivity index (χ2v) is 7.05. The molecule has 2 N–H and O–H groups in total. The van der Waals surface area contributed by atoms with Gasteiger partial charge in [-0.05, 0) is 36.4 Å². The molecule has 8 nitrogen and oxygen atoms in total. The number of para-hydroxylation sites is 1. The Balaban J connectivity index is 1.50. The van der Waals surface area contributed by atoms with Gasteiger partial charge in [0.2, 0.25) is 4.96 Å². The SMILES string of the molecule is COc1ccc(-c2nn3c(=O)cc(CNC(=O)Nc4ccccc4)nc3s2)cc1. The average Bonchev–Trinajstić information content (AvgIpc) is 3.18. The Morgan fingerprint density at radius 2 is 1.90 bits per heavy atom. The van der Waals surface area contributed by atoms with Crippen molar-refractivity contribution < 1.29 is 9.53 Å². The van der Waals surface area contributed by atoms with E-state index in [1.807, 2.05) is 42.5 Å². The molecule has 0 aliphatic carbocycles. The number of nitrogens with zero attached hydrogens (tertiary/aromatic N) is 3. The molecule has 0 aliphatic heterocycles. The summed E-state index contributed by atoms with van der Waals surface area (Å²) in [4.78, 5) is 29.3. The monoisotopic (exact) mass is 407 g/mol. The maximum atomic E-state index is 12.4. The van der Waals surface area contributed by atoms with Gasteiger partial charge < -0.3 is 15.4 Å². The number of fused-ring (bicyclic) bond motifs is 1. The fraction of sp³-hybridized carbons (Fsp3) is 0.100. The molecule has 2 aromatic carbocycles. The molecule has 0 spiro atoms. The van der Waals surface area contributed by atoms with Crippen molar-refractivity contribution in [3.05, 3.63) is 76.7 Å². The van der Waals surface area contributed by atoms with Gasteiger partial charge in [-0.25, -0.2) is 9.78 Å². The van der Waals surface area contributed by atoms with Crippen LogP contribution in [-0.2, 0) is 6.54 Å². The molecule has 9 heteroatoms. The van der Waals surface area contributed by atoms with Gasteiger partial charge in [0.05, 0.1) is 19.3 Å². The van der Waals surface area contributed by atoms with Crippen LogP contribution in [0.25, 0.3) is 15.5 Å². The Hall–Kier alpha value is -3.72. The molecule has 146 valence electrons. The van der Waals surface area contributed by atoms with E-state index in [0.717, 1.165) is 11.3 Å². The molecule has 0 saturated heterocycles. The maximum absolute atomic E-state index is 12.4. The van der Waals surface area contributed by atoms with Crippen molar-refractivity contribution in [1.82, 2.24) is 19.9 Å². The molecule has 0 aliphatic rings. The number of amides is 2. The summed E-state index contributed by atoms with van der Waals surface area (Å²) in [5.74, 6) is 0.743. The largest absolute Gasteiger partial charge is 0.497 e. The van der Waals surface area contributed by atoms with Gasteiger partial charge in [-0.3, -0.25) is 4.79 Å². The molecule has 0 fully saturated rings. The van der Waals surface area contributed by atoms with Crippen molar-refractivity contribution in [2.24, 2.45) is 0 Å². The Morgan fingerprint density at radius 1 is 1.14 bits per heavy atom. The van der Waals surface area contributed by atoms with Crippen LogP contribution in [-0.4, -0.2) is 27.7 Å². The maximum Gasteiger partial charge on any atom is 0.319 e. The minimum absolute atomic E-state index is 0.125. The molecular weight excluding hydrogens is 390 g/mol. The molecule has 0 radical (unpaired) electrons. The summed E-state index contributed by atoms with van der Waals surface area (Å²) >= 11 is 1.30. The summed E-state index contributed by atoms with van der Waals surface area (Å²) in [6, 6.07) is 17.5. The zero-order valence-corrected chi connectivity index (χ0v) is 16.3. The third-order valence-corrected chi connectivity index (χ3v) is 5.05. The van der Waals surface area contributed by atoms with Crippen molar-refractivity contribution in [3.8, 4) is 16.3 Å². The summed E-state index contributed by atoms with van der Waals surface area (Å²) in [5, 5.41) is 10.4. The van der Waals surface area contributed by atoms with Gasteiger partial charge in [-0.15, -0.1) is 0 Å². The third kappa shape index (κ3) is 4.25. The van der Waals surface area contributed by atoms with E-state index in [-0.39, 0.29) is 18.1 Å².